The second kappa shape index (κ2) is 9.59. The van der Waals surface area contributed by atoms with Gasteiger partial charge in [0.15, 0.2) is 6.61 Å². The van der Waals surface area contributed by atoms with E-state index in [0.29, 0.717) is 22.1 Å². The maximum Gasteiger partial charge on any atom is 0.422 e. The standard InChI is InChI=1S/C18H13Cl2F3N6O/c19-12-2-1-3-13(6-12)26-15-7-14(20)27-17(28-15)29-25-9-11-4-5-16(24-8-11)30-10-18(21,22)23/h1-9H,10H2,(H2,26,27,28,29)/b25-9+. The van der Waals surface area contributed by atoms with Crippen LogP contribution in [0.4, 0.5) is 30.6 Å². The lowest BCUT2D eigenvalue weighted by Gasteiger charge is -2.08. The van der Waals surface area contributed by atoms with Crippen molar-refractivity contribution in [3.05, 3.63) is 64.4 Å². The zero-order valence-electron chi connectivity index (χ0n) is 15.0. The number of nitrogens with zero attached hydrogens (tertiary/aromatic N) is 4. The van der Waals surface area contributed by atoms with Crippen LogP contribution in [0, 0.1) is 0 Å². The van der Waals surface area contributed by atoms with Crippen molar-refractivity contribution in [1.29, 1.82) is 0 Å². The Bertz CT molecular complexity index is 1030. The van der Waals surface area contributed by atoms with Crippen LogP contribution in [-0.4, -0.2) is 33.9 Å². The number of pyridine rings is 1. The number of hydrazone groups is 1. The molecule has 0 saturated carbocycles. The van der Waals surface area contributed by atoms with Crippen molar-refractivity contribution in [3.8, 4) is 5.88 Å². The van der Waals surface area contributed by atoms with Crippen molar-refractivity contribution >= 4 is 46.9 Å². The van der Waals surface area contributed by atoms with Crippen LogP contribution < -0.4 is 15.5 Å². The highest BCUT2D eigenvalue weighted by Gasteiger charge is 2.28. The molecule has 0 aliphatic heterocycles. The summed E-state index contributed by atoms with van der Waals surface area (Å²) in [5.41, 5.74) is 3.85. The molecule has 156 valence electrons. The van der Waals surface area contributed by atoms with Crippen molar-refractivity contribution in [2.45, 2.75) is 6.18 Å². The molecular weight excluding hydrogens is 444 g/mol. The number of halogens is 5. The minimum Gasteiger partial charge on any atom is -0.468 e. The molecule has 0 aliphatic carbocycles. The van der Waals surface area contributed by atoms with Crippen LogP contribution >= 0.6 is 23.2 Å². The Morgan fingerprint density at radius 2 is 1.93 bits per heavy atom. The topological polar surface area (TPSA) is 84.3 Å². The fourth-order valence-corrected chi connectivity index (χ4v) is 2.49. The van der Waals surface area contributed by atoms with Gasteiger partial charge in [-0.15, -0.1) is 0 Å². The molecule has 0 radical (unpaired) electrons. The van der Waals surface area contributed by atoms with Gasteiger partial charge in [-0.25, -0.2) is 10.4 Å². The molecule has 7 nitrogen and oxygen atoms in total. The van der Waals surface area contributed by atoms with Crippen LogP contribution in [0.2, 0.25) is 10.2 Å². The molecule has 2 N–H and O–H groups in total. The summed E-state index contributed by atoms with van der Waals surface area (Å²) in [7, 11) is 0. The van der Waals surface area contributed by atoms with E-state index in [-0.39, 0.29) is 17.0 Å². The molecule has 0 bridgehead atoms. The van der Waals surface area contributed by atoms with Crippen LogP contribution in [0.3, 0.4) is 0 Å². The largest absolute Gasteiger partial charge is 0.468 e. The molecule has 0 amide bonds. The highest BCUT2D eigenvalue weighted by Crippen LogP contribution is 2.21. The summed E-state index contributed by atoms with van der Waals surface area (Å²) in [5, 5.41) is 7.75. The van der Waals surface area contributed by atoms with Gasteiger partial charge in [0.1, 0.15) is 11.0 Å². The van der Waals surface area contributed by atoms with Gasteiger partial charge in [-0.05, 0) is 24.3 Å². The minimum atomic E-state index is -4.43. The smallest absolute Gasteiger partial charge is 0.422 e. The van der Waals surface area contributed by atoms with Gasteiger partial charge in [-0.1, -0.05) is 29.3 Å². The van der Waals surface area contributed by atoms with Crippen LogP contribution in [0.5, 0.6) is 5.88 Å². The third-order valence-corrected chi connectivity index (χ3v) is 3.74. The van der Waals surface area contributed by atoms with Gasteiger partial charge in [-0.2, -0.15) is 28.2 Å². The summed E-state index contributed by atoms with van der Waals surface area (Å²) >= 11 is 12.0. The first kappa shape index (κ1) is 21.6. The van der Waals surface area contributed by atoms with Gasteiger partial charge >= 0.3 is 6.18 Å². The van der Waals surface area contributed by atoms with E-state index in [4.69, 9.17) is 23.2 Å². The Hall–Kier alpha value is -3.11. The first-order chi connectivity index (χ1) is 14.3. The first-order valence-corrected chi connectivity index (χ1v) is 9.04. The van der Waals surface area contributed by atoms with Gasteiger partial charge in [0.25, 0.3) is 0 Å². The highest BCUT2D eigenvalue weighted by atomic mass is 35.5. The summed E-state index contributed by atoms with van der Waals surface area (Å²) in [5.74, 6) is 0.400. The summed E-state index contributed by atoms with van der Waals surface area (Å²) in [4.78, 5) is 12.0. The molecule has 0 fully saturated rings. The maximum absolute atomic E-state index is 12.1. The van der Waals surface area contributed by atoms with Crippen molar-refractivity contribution in [1.82, 2.24) is 15.0 Å². The Morgan fingerprint density at radius 1 is 1.10 bits per heavy atom. The zero-order chi connectivity index (χ0) is 21.6. The molecule has 0 atom stereocenters. The molecule has 0 saturated heterocycles. The lowest BCUT2D eigenvalue weighted by Crippen LogP contribution is -2.19. The Kier molecular flexibility index (Phi) is 6.91. The monoisotopic (exact) mass is 456 g/mol. The predicted molar refractivity (Wildman–Crippen MR) is 109 cm³/mol. The molecule has 30 heavy (non-hydrogen) atoms. The number of aromatic nitrogens is 3. The molecule has 0 spiro atoms. The fraction of sp³-hybridized carbons (Fsp3) is 0.111. The van der Waals surface area contributed by atoms with E-state index in [1.165, 1.54) is 30.6 Å². The molecular formula is C18H13Cl2F3N6O. The number of ether oxygens (including phenoxy) is 1. The number of nitrogens with one attached hydrogen (secondary N) is 2. The molecule has 0 aliphatic rings. The van der Waals surface area contributed by atoms with Crippen LogP contribution in [0.1, 0.15) is 5.56 Å². The first-order valence-electron chi connectivity index (χ1n) is 8.29. The SMILES string of the molecule is FC(F)(F)COc1ccc(/C=N/Nc2nc(Cl)cc(Nc3cccc(Cl)c3)n2)cn1. The van der Waals surface area contributed by atoms with E-state index in [2.05, 4.69) is 35.5 Å². The average Bonchev–Trinajstić information content (AvgIpc) is 2.66. The van der Waals surface area contributed by atoms with Crippen molar-refractivity contribution in [2.24, 2.45) is 5.10 Å². The molecule has 3 rings (SSSR count). The number of hydrogen-bond acceptors (Lipinski definition) is 7. The second-order valence-electron chi connectivity index (χ2n) is 5.74. The number of anilines is 3. The summed E-state index contributed by atoms with van der Waals surface area (Å²) < 4.78 is 40.9. The van der Waals surface area contributed by atoms with Gasteiger partial charge in [0, 0.05) is 34.6 Å². The third-order valence-electron chi connectivity index (χ3n) is 3.31. The molecule has 2 aromatic heterocycles. The Morgan fingerprint density at radius 3 is 2.63 bits per heavy atom. The minimum absolute atomic E-state index is 0.126. The van der Waals surface area contributed by atoms with Gasteiger partial charge in [0.2, 0.25) is 11.8 Å². The molecule has 2 heterocycles. The van der Waals surface area contributed by atoms with Gasteiger partial charge in [-0.3, -0.25) is 0 Å². The lowest BCUT2D eigenvalue weighted by atomic mass is 10.3. The van der Waals surface area contributed by atoms with Crippen LogP contribution in [0.25, 0.3) is 0 Å². The van der Waals surface area contributed by atoms with E-state index in [1.54, 1.807) is 18.2 Å². The summed E-state index contributed by atoms with van der Waals surface area (Å²) in [6, 6.07) is 11.4. The molecule has 12 heteroatoms. The summed E-state index contributed by atoms with van der Waals surface area (Å²) in [6.45, 7) is -1.41. The van der Waals surface area contributed by atoms with E-state index in [9.17, 15) is 13.2 Å². The molecule has 0 unspecified atom stereocenters. The van der Waals surface area contributed by atoms with Crippen LogP contribution in [0.15, 0.2) is 53.8 Å². The predicted octanol–water partition coefficient (Wildman–Crippen LogP) is 5.31. The third kappa shape index (κ3) is 7.05. The zero-order valence-corrected chi connectivity index (χ0v) is 16.5. The number of benzene rings is 1. The van der Waals surface area contributed by atoms with Gasteiger partial charge in [0.05, 0.1) is 6.21 Å². The average molecular weight is 457 g/mol. The van der Waals surface area contributed by atoms with Crippen molar-refractivity contribution < 1.29 is 17.9 Å². The van der Waals surface area contributed by atoms with Crippen LogP contribution in [-0.2, 0) is 0 Å². The number of hydrogen-bond donors (Lipinski definition) is 2. The Labute approximate surface area is 178 Å². The number of alkyl halides is 3. The van der Waals surface area contributed by atoms with E-state index in [0.717, 1.165) is 0 Å². The normalized spacial score (nSPS) is 11.5. The van der Waals surface area contributed by atoms with Gasteiger partial charge < -0.3 is 10.1 Å². The van der Waals surface area contributed by atoms with Crippen molar-refractivity contribution in [2.75, 3.05) is 17.3 Å². The van der Waals surface area contributed by atoms with E-state index < -0.39 is 12.8 Å². The van der Waals surface area contributed by atoms with E-state index in [1.807, 2.05) is 6.07 Å². The number of rotatable bonds is 7. The van der Waals surface area contributed by atoms with Crippen molar-refractivity contribution in [3.63, 3.8) is 0 Å². The highest BCUT2D eigenvalue weighted by molar-refractivity contribution is 6.31. The molecule has 3 aromatic rings. The quantitative estimate of drug-likeness (QED) is 0.284. The van der Waals surface area contributed by atoms with E-state index >= 15 is 0 Å². The molecule has 1 aromatic carbocycles. The Balaban J connectivity index is 1.61. The second-order valence-corrected chi connectivity index (χ2v) is 6.56. The summed E-state index contributed by atoms with van der Waals surface area (Å²) in [6.07, 6.45) is -1.74. The maximum atomic E-state index is 12.1. The lowest BCUT2D eigenvalue weighted by molar-refractivity contribution is -0.154. The fourth-order valence-electron chi connectivity index (χ4n) is 2.12.